The summed E-state index contributed by atoms with van der Waals surface area (Å²) in [6.45, 7) is 3.19. The van der Waals surface area contributed by atoms with Crippen LogP contribution in [0.3, 0.4) is 0 Å². The summed E-state index contributed by atoms with van der Waals surface area (Å²) in [5.41, 5.74) is 0. The second kappa shape index (κ2) is 5.20. The molecule has 1 N–H and O–H groups in total. The zero-order valence-electron chi connectivity index (χ0n) is 10.5. The molecule has 0 radical (unpaired) electrons. The molecular weight excluding hydrogens is 246 g/mol. The van der Waals surface area contributed by atoms with E-state index >= 15 is 0 Å². The maximum Gasteiger partial charge on any atom is 0.228 e. The van der Waals surface area contributed by atoms with Crippen molar-refractivity contribution in [2.24, 2.45) is 0 Å². The molecule has 1 unspecified atom stereocenters. The summed E-state index contributed by atoms with van der Waals surface area (Å²) < 4.78 is 5.34. The van der Waals surface area contributed by atoms with E-state index in [9.17, 15) is 0 Å². The summed E-state index contributed by atoms with van der Waals surface area (Å²) in [6, 6.07) is 4.63. The summed E-state index contributed by atoms with van der Waals surface area (Å²) in [4.78, 5) is 6.83. The number of rotatable bonds is 3. The summed E-state index contributed by atoms with van der Waals surface area (Å²) in [7, 11) is 0. The molecule has 1 aliphatic heterocycles. The Bertz CT molecular complexity index is 514. The van der Waals surface area contributed by atoms with Gasteiger partial charge >= 0.3 is 0 Å². The summed E-state index contributed by atoms with van der Waals surface area (Å²) in [6.07, 6.45) is 4.62. The third kappa shape index (κ3) is 2.62. The van der Waals surface area contributed by atoms with Gasteiger partial charge in [0.05, 0.1) is 4.88 Å². The van der Waals surface area contributed by atoms with Gasteiger partial charge in [-0.05, 0) is 38.4 Å². The highest BCUT2D eigenvalue weighted by Crippen LogP contribution is 2.25. The monoisotopic (exact) mass is 263 g/mol. The van der Waals surface area contributed by atoms with Crippen molar-refractivity contribution in [3.05, 3.63) is 22.9 Å². The molecule has 0 amide bonds. The summed E-state index contributed by atoms with van der Waals surface area (Å²) in [5, 5.41) is 7.56. The number of aryl methyl sites for hydroxylation is 1. The van der Waals surface area contributed by atoms with E-state index in [0.29, 0.717) is 6.04 Å². The van der Waals surface area contributed by atoms with Crippen molar-refractivity contribution in [2.75, 3.05) is 6.54 Å². The Hall–Kier alpha value is -1.20. The largest absolute Gasteiger partial charge is 0.339 e. The Labute approximate surface area is 110 Å². The van der Waals surface area contributed by atoms with E-state index in [0.717, 1.165) is 29.6 Å². The zero-order valence-corrected chi connectivity index (χ0v) is 11.3. The molecule has 0 spiro atoms. The average molecular weight is 263 g/mol. The number of piperidine rings is 1. The van der Waals surface area contributed by atoms with Gasteiger partial charge in [0, 0.05) is 17.3 Å². The first-order valence-corrected chi connectivity index (χ1v) is 7.26. The van der Waals surface area contributed by atoms with Gasteiger partial charge in [-0.25, -0.2) is 0 Å². The topological polar surface area (TPSA) is 51.0 Å². The molecule has 0 aliphatic carbocycles. The molecule has 1 saturated heterocycles. The quantitative estimate of drug-likeness (QED) is 0.925. The molecule has 1 fully saturated rings. The van der Waals surface area contributed by atoms with Crippen molar-refractivity contribution in [3.8, 4) is 10.7 Å². The molecule has 0 aromatic carbocycles. The van der Waals surface area contributed by atoms with Crippen molar-refractivity contribution >= 4 is 11.3 Å². The van der Waals surface area contributed by atoms with Crippen LogP contribution in [0.5, 0.6) is 0 Å². The standard InChI is InChI=1S/C13H17N3OS/c1-9-5-6-11(18-9)13-15-12(17-16-13)8-10-4-2-3-7-14-10/h5-6,10,14H,2-4,7-8H2,1H3. The van der Waals surface area contributed by atoms with Crippen LogP contribution in [0.2, 0.25) is 0 Å². The van der Waals surface area contributed by atoms with Crippen LogP contribution < -0.4 is 5.32 Å². The first kappa shape index (κ1) is 11.9. The van der Waals surface area contributed by atoms with E-state index in [-0.39, 0.29) is 0 Å². The van der Waals surface area contributed by atoms with Gasteiger partial charge in [0.1, 0.15) is 0 Å². The molecule has 0 saturated carbocycles. The van der Waals surface area contributed by atoms with Gasteiger partial charge in [-0.15, -0.1) is 11.3 Å². The highest BCUT2D eigenvalue weighted by Gasteiger charge is 2.17. The van der Waals surface area contributed by atoms with Crippen molar-refractivity contribution in [3.63, 3.8) is 0 Å². The Kier molecular flexibility index (Phi) is 3.43. The Morgan fingerprint density at radius 1 is 1.44 bits per heavy atom. The van der Waals surface area contributed by atoms with E-state index in [2.05, 4.69) is 28.4 Å². The molecule has 1 aliphatic rings. The number of nitrogens with zero attached hydrogens (tertiary/aromatic N) is 2. The second-order valence-corrected chi connectivity index (χ2v) is 6.06. The molecule has 5 heteroatoms. The van der Waals surface area contributed by atoms with E-state index in [4.69, 9.17) is 4.52 Å². The zero-order chi connectivity index (χ0) is 12.4. The minimum Gasteiger partial charge on any atom is -0.339 e. The fourth-order valence-corrected chi connectivity index (χ4v) is 3.09. The van der Waals surface area contributed by atoms with Gasteiger partial charge in [0.15, 0.2) is 0 Å². The molecule has 96 valence electrons. The van der Waals surface area contributed by atoms with Gasteiger partial charge in [0.25, 0.3) is 0 Å². The normalized spacial score (nSPS) is 20.2. The minimum atomic E-state index is 0.497. The highest BCUT2D eigenvalue weighted by molar-refractivity contribution is 7.15. The van der Waals surface area contributed by atoms with Crippen LogP contribution in [-0.4, -0.2) is 22.7 Å². The lowest BCUT2D eigenvalue weighted by molar-refractivity contribution is 0.332. The number of hydrogen-bond acceptors (Lipinski definition) is 5. The van der Waals surface area contributed by atoms with E-state index < -0.39 is 0 Å². The molecule has 2 aromatic rings. The van der Waals surface area contributed by atoms with Gasteiger partial charge in [-0.1, -0.05) is 11.6 Å². The summed E-state index contributed by atoms with van der Waals surface area (Å²) >= 11 is 1.70. The van der Waals surface area contributed by atoms with Crippen LogP contribution in [0.1, 0.15) is 30.0 Å². The third-order valence-corrected chi connectivity index (χ3v) is 4.26. The Morgan fingerprint density at radius 2 is 2.39 bits per heavy atom. The predicted molar refractivity (Wildman–Crippen MR) is 71.7 cm³/mol. The highest BCUT2D eigenvalue weighted by atomic mass is 32.1. The van der Waals surface area contributed by atoms with Crippen molar-refractivity contribution in [1.29, 1.82) is 0 Å². The lowest BCUT2D eigenvalue weighted by atomic mass is 10.0. The van der Waals surface area contributed by atoms with Crippen LogP contribution in [0, 0.1) is 6.92 Å². The molecule has 0 bridgehead atoms. The van der Waals surface area contributed by atoms with E-state index in [1.54, 1.807) is 11.3 Å². The number of nitrogens with one attached hydrogen (secondary N) is 1. The molecule has 1 atom stereocenters. The van der Waals surface area contributed by atoms with Crippen LogP contribution in [0.15, 0.2) is 16.7 Å². The van der Waals surface area contributed by atoms with E-state index in [1.165, 1.54) is 24.1 Å². The fraction of sp³-hybridized carbons (Fsp3) is 0.538. The minimum absolute atomic E-state index is 0.497. The molecule has 3 heterocycles. The average Bonchev–Trinajstić information content (AvgIpc) is 2.99. The van der Waals surface area contributed by atoms with Crippen LogP contribution in [0.25, 0.3) is 10.7 Å². The van der Waals surface area contributed by atoms with Gasteiger partial charge in [0.2, 0.25) is 11.7 Å². The SMILES string of the molecule is Cc1ccc(-c2noc(CC3CCCCN3)n2)s1. The van der Waals surface area contributed by atoms with Crippen molar-refractivity contribution < 1.29 is 4.52 Å². The molecule has 18 heavy (non-hydrogen) atoms. The van der Waals surface area contributed by atoms with Crippen LogP contribution in [0.4, 0.5) is 0 Å². The Balaban J connectivity index is 1.69. The van der Waals surface area contributed by atoms with Crippen LogP contribution in [-0.2, 0) is 6.42 Å². The van der Waals surface area contributed by atoms with Gasteiger partial charge in [-0.2, -0.15) is 4.98 Å². The Morgan fingerprint density at radius 3 is 3.11 bits per heavy atom. The first-order valence-electron chi connectivity index (χ1n) is 6.44. The molecule has 3 rings (SSSR count). The fourth-order valence-electron chi connectivity index (χ4n) is 2.30. The lowest BCUT2D eigenvalue weighted by Crippen LogP contribution is -2.35. The number of hydrogen-bond donors (Lipinski definition) is 1. The van der Waals surface area contributed by atoms with Gasteiger partial charge in [-0.3, -0.25) is 0 Å². The number of aromatic nitrogens is 2. The predicted octanol–water partition coefficient (Wildman–Crippen LogP) is 2.79. The molecule has 4 nitrogen and oxygen atoms in total. The maximum atomic E-state index is 5.34. The summed E-state index contributed by atoms with van der Waals surface area (Å²) in [5.74, 6) is 1.47. The second-order valence-electron chi connectivity index (χ2n) is 4.77. The number of thiophene rings is 1. The third-order valence-electron chi connectivity index (χ3n) is 3.26. The van der Waals surface area contributed by atoms with E-state index in [1.807, 2.05) is 6.07 Å². The molecule has 2 aromatic heterocycles. The molecular formula is C13H17N3OS. The van der Waals surface area contributed by atoms with Crippen LogP contribution >= 0.6 is 11.3 Å². The van der Waals surface area contributed by atoms with Crippen molar-refractivity contribution in [1.82, 2.24) is 15.5 Å². The first-order chi connectivity index (χ1) is 8.81. The van der Waals surface area contributed by atoms with Gasteiger partial charge < -0.3 is 9.84 Å². The smallest absolute Gasteiger partial charge is 0.228 e. The maximum absolute atomic E-state index is 5.34. The lowest BCUT2D eigenvalue weighted by Gasteiger charge is -2.21. The van der Waals surface area contributed by atoms with Crippen molar-refractivity contribution in [2.45, 2.75) is 38.6 Å².